The van der Waals surface area contributed by atoms with Crippen molar-refractivity contribution in [3.63, 3.8) is 0 Å². The lowest BCUT2D eigenvalue weighted by Crippen LogP contribution is -2.42. The van der Waals surface area contributed by atoms with Gasteiger partial charge in [-0.3, -0.25) is 4.79 Å². The Balaban J connectivity index is 2.68. The number of rotatable bonds is 1. The number of guanidine groups is 1. The number of hydrogen-bond acceptors (Lipinski definition) is 3. The van der Waals surface area contributed by atoms with Crippen LogP contribution in [0.5, 0.6) is 0 Å². The lowest BCUT2D eigenvalue weighted by Gasteiger charge is -2.22. The summed E-state index contributed by atoms with van der Waals surface area (Å²) in [4.78, 5) is 13.2. The van der Waals surface area contributed by atoms with Gasteiger partial charge in [0.1, 0.15) is 0 Å². The van der Waals surface area contributed by atoms with Crippen LogP contribution in [0.2, 0.25) is 0 Å². The second kappa shape index (κ2) is 3.73. The molecule has 1 aliphatic heterocycles. The summed E-state index contributed by atoms with van der Waals surface area (Å²) in [6, 6.07) is 0. The number of carbonyl (C=O) groups excluding carboxylic acids is 1. The zero-order valence-electron chi connectivity index (χ0n) is 8.45. The molecule has 0 aliphatic carbocycles. The highest BCUT2D eigenvalue weighted by Gasteiger charge is 2.40. The molecule has 1 saturated heterocycles. The number of nitrogens with zero attached hydrogens (tertiary/aromatic N) is 2. The van der Waals surface area contributed by atoms with Gasteiger partial charge in [0, 0.05) is 20.1 Å². The van der Waals surface area contributed by atoms with Gasteiger partial charge in [-0.25, -0.2) is 0 Å². The van der Waals surface area contributed by atoms with Gasteiger partial charge in [-0.15, -0.1) is 0 Å². The molecule has 1 fully saturated rings. The average molecular weight is 200 g/mol. The minimum atomic E-state index is -0.440. The Morgan fingerprint density at radius 1 is 1.71 bits per heavy atom. The summed E-state index contributed by atoms with van der Waals surface area (Å²) >= 11 is 0. The van der Waals surface area contributed by atoms with Crippen molar-refractivity contribution in [1.82, 2.24) is 10.2 Å². The molecule has 1 heterocycles. The average Bonchev–Trinajstić information content (AvgIpc) is 2.60. The number of nitrogens with two attached hydrogens (primary N) is 1. The van der Waals surface area contributed by atoms with E-state index in [0.29, 0.717) is 19.5 Å². The number of hydrogen-bond donors (Lipinski definition) is 3. The molecule has 1 rings (SSSR count). The van der Waals surface area contributed by atoms with Crippen molar-refractivity contribution in [1.29, 1.82) is 0 Å². The van der Waals surface area contributed by atoms with Crippen LogP contribution in [-0.4, -0.2) is 42.1 Å². The molecule has 6 nitrogen and oxygen atoms in total. The van der Waals surface area contributed by atoms with E-state index in [2.05, 4.69) is 10.5 Å². The molecule has 4 N–H and O–H groups in total. The highest BCUT2D eigenvalue weighted by Crippen LogP contribution is 2.29. The number of likely N-dealkylation sites (tertiary alicyclic amines) is 1. The van der Waals surface area contributed by atoms with Crippen molar-refractivity contribution >= 4 is 11.9 Å². The van der Waals surface area contributed by atoms with E-state index in [4.69, 9.17) is 10.9 Å². The van der Waals surface area contributed by atoms with E-state index in [1.807, 2.05) is 6.92 Å². The lowest BCUT2D eigenvalue weighted by atomic mass is 9.89. The molecule has 0 spiro atoms. The molecule has 80 valence electrons. The molecule has 1 atom stereocenters. The first kappa shape index (κ1) is 10.6. The zero-order chi connectivity index (χ0) is 10.8. The number of carbonyl (C=O) groups is 1. The Kier molecular flexibility index (Phi) is 2.83. The third-order valence-electron chi connectivity index (χ3n) is 2.68. The summed E-state index contributed by atoms with van der Waals surface area (Å²) in [5.74, 6) is 0.0587. The van der Waals surface area contributed by atoms with Crippen LogP contribution in [-0.2, 0) is 4.79 Å². The van der Waals surface area contributed by atoms with E-state index >= 15 is 0 Å². The van der Waals surface area contributed by atoms with Crippen LogP contribution in [0.4, 0.5) is 0 Å². The van der Waals surface area contributed by atoms with Crippen LogP contribution in [0.25, 0.3) is 0 Å². The minimum Gasteiger partial charge on any atom is -0.408 e. The number of oxime groups is 1. The Bertz CT molecular complexity index is 266. The number of amides is 1. The molecule has 0 aromatic rings. The maximum atomic E-state index is 11.5. The first-order chi connectivity index (χ1) is 6.53. The summed E-state index contributed by atoms with van der Waals surface area (Å²) in [6.45, 7) is 3.00. The topological polar surface area (TPSA) is 91.0 Å². The fourth-order valence-electron chi connectivity index (χ4n) is 1.71. The SMILES string of the molecule is CNC(=O)C1(C)CCN(C(N)=NO)C1. The summed E-state index contributed by atoms with van der Waals surface area (Å²) in [6.07, 6.45) is 0.711. The monoisotopic (exact) mass is 200 g/mol. The highest BCUT2D eigenvalue weighted by atomic mass is 16.4. The second-order valence-electron chi connectivity index (χ2n) is 3.77. The molecule has 0 aromatic carbocycles. The normalized spacial score (nSPS) is 27.9. The Morgan fingerprint density at radius 2 is 2.36 bits per heavy atom. The smallest absolute Gasteiger partial charge is 0.233 e. The van der Waals surface area contributed by atoms with Crippen molar-refractivity contribution in [2.24, 2.45) is 16.3 Å². The molecular weight excluding hydrogens is 184 g/mol. The van der Waals surface area contributed by atoms with E-state index in [1.165, 1.54) is 0 Å². The minimum absolute atomic E-state index is 0.00857. The molecule has 1 aliphatic rings. The Morgan fingerprint density at radius 3 is 2.86 bits per heavy atom. The summed E-state index contributed by atoms with van der Waals surface area (Å²) in [5, 5.41) is 14.0. The van der Waals surface area contributed by atoms with Crippen LogP contribution < -0.4 is 11.1 Å². The molecule has 6 heteroatoms. The molecular formula is C8H16N4O2. The molecule has 0 saturated carbocycles. The van der Waals surface area contributed by atoms with Crippen molar-refractivity contribution < 1.29 is 10.0 Å². The van der Waals surface area contributed by atoms with Gasteiger partial charge in [-0.1, -0.05) is 5.16 Å². The Labute approximate surface area is 82.7 Å². The summed E-state index contributed by atoms with van der Waals surface area (Å²) < 4.78 is 0. The number of nitrogens with one attached hydrogen (secondary N) is 1. The molecule has 0 aromatic heterocycles. The first-order valence-corrected chi connectivity index (χ1v) is 4.48. The van der Waals surface area contributed by atoms with Gasteiger partial charge >= 0.3 is 0 Å². The Hall–Kier alpha value is -1.46. The molecule has 14 heavy (non-hydrogen) atoms. The maximum absolute atomic E-state index is 11.5. The van der Waals surface area contributed by atoms with E-state index in [1.54, 1.807) is 11.9 Å². The van der Waals surface area contributed by atoms with E-state index in [0.717, 1.165) is 0 Å². The summed E-state index contributed by atoms with van der Waals surface area (Å²) in [7, 11) is 1.61. The van der Waals surface area contributed by atoms with Gasteiger partial charge in [-0.05, 0) is 13.3 Å². The van der Waals surface area contributed by atoms with E-state index in [-0.39, 0.29) is 11.9 Å². The largest absolute Gasteiger partial charge is 0.408 e. The van der Waals surface area contributed by atoms with Crippen molar-refractivity contribution in [3.8, 4) is 0 Å². The highest BCUT2D eigenvalue weighted by molar-refractivity contribution is 5.85. The second-order valence-corrected chi connectivity index (χ2v) is 3.77. The van der Waals surface area contributed by atoms with Crippen molar-refractivity contribution in [2.75, 3.05) is 20.1 Å². The lowest BCUT2D eigenvalue weighted by molar-refractivity contribution is -0.128. The summed E-state index contributed by atoms with van der Waals surface area (Å²) in [5.41, 5.74) is 4.99. The van der Waals surface area contributed by atoms with Crippen molar-refractivity contribution in [2.45, 2.75) is 13.3 Å². The van der Waals surface area contributed by atoms with Gasteiger partial charge in [0.05, 0.1) is 5.41 Å². The predicted molar refractivity (Wildman–Crippen MR) is 51.8 cm³/mol. The fraction of sp³-hybridized carbons (Fsp3) is 0.750. The zero-order valence-corrected chi connectivity index (χ0v) is 8.45. The van der Waals surface area contributed by atoms with E-state index < -0.39 is 5.41 Å². The molecule has 0 bridgehead atoms. The van der Waals surface area contributed by atoms with Crippen LogP contribution in [0.1, 0.15) is 13.3 Å². The third kappa shape index (κ3) is 1.73. The van der Waals surface area contributed by atoms with Gasteiger partial charge in [-0.2, -0.15) is 0 Å². The molecule has 1 amide bonds. The predicted octanol–water partition coefficient (Wildman–Crippen LogP) is -0.852. The van der Waals surface area contributed by atoms with Crippen LogP contribution >= 0.6 is 0 Å². The standard InChI is InChI=1S/C8H16N4O2/c1-8(6(13)10-2)3-4-12(5-8)7(9)11-14/h14H,3-5H2,1-2H3,(H2,9,11)(H,10,13). The first-order valence-electron chi connectivity index (χ1n) is 4.48. The van der Waals surface area contributed by atoms with E-state index in [9.17, 15) is 4.79 Å². The molecule has 1 unspecified atom stereocenters. The van der Waals surface area contributed by atoms with Crippen LogP contribution in [0.15, 0.2) is 5.16 Å². The van der Waals surface area contributed by atoms with Gasteiger partial charge < -0.3 is 21.2 Å². The van der Waals surface area contributed by atoms with Gasteiger partial charge in [0.25, 0.3) is 0 Å². The fourth-order valence-corrected chi connectivity index (χ4v) is 1.71. The third-order valence-corrected chi connectivity index (χ3v) is 2.68. The van der Waals surface area contributed by atoms with Crippen LogP contribution in [0, 0.1) is 5.41 Å². The quantitative estimate of drug-likeness (QED) is 0.222. The van der Waals surface area contributed by atoms with Crippen molar-refractivity contribution in [3.05, 3.63) is 0 Å². The van der Waals surface area contributed by atoms with Gasteiger partial charge in [0.15, 0.2) is 0 Å². The molecule has 0 radical (unpaired) electrons. The van der Waals surface area contributed by atoms with Crippen LogP contribution in [0.3, 0.4) is 0 Å². The maximum Gasteiger partial charge on any atom is 0.233 e. The van der Waals surface area contributed by atoms with Gasteiger partial charge in [0.2, 0.25) is 11.9 Å².